The molecule has 2 rings (SSSR count). The molecule has 0 amide bonds. The van der Waals surface area contributed by atoms with E-state index in [2.05, 4.69) is 15.6 Å². The molecule has 1 aliphatic carbocycles. The van der Waals surface area contributed by atoms with Crippen molar-refractivity contribution in [2.75, 3.05) is 25.5 Å². The number of hydrogen-bond acceptors (Lipinski definition) is 4. The van der Waals surface area contributed by atoms with E-state index in [9.17, 15) is 0 Å². The molecule has 1 aromatic heterocycles. The third-order valence-corrected chi connectivity index (χ3v) is 2.37. The van der Waals surface area contributed by atoms with Crippen LogP contribution in [-0.2, 0) is 0 Å². The third-order valence-electron chi connectivity index (χ3n) is 2.37. The first-order valence-electron chi connectivity index (χ1n) is 5.37. The van der Waals surface area contributed by atoms with Crippen molar-refractivity contribution in [1.29, 1.82) is 0 Å². The van der Waals surface area contributed by atoms with Crippen molar-refractivity contribution in [3.8, 4) is 5.88 Å². The predicted octanol–water partition coefficient (Wildman–Crippen LogP) is 1.25. The van der Waals surface area contributed by atoms with E-state index >= 15 is 0 Å². The van der Waals surface area contributed by atoms with Gasteiger partial charge in [0, 0.05) is 25.2 Å². The largest absolute Gasteiger partial charge is 0.481 e. The molecular weight excluding hydrogens is 190 g/mol. The van der Waals surface area contributed by atoms with Gasteiger partial charge in [-0.1, -0.05) is 6.07 Å². The van der Waals surface area contributed by atoms with Crippen LogP contribution in [0.2, 0.25) is 0 Å². The van der Waals surface area contributed by atoms with Crippen molar-refractivity contribution < 1.29 is 4.74 Å². The quantitative estimate of drug-likeness (QED) is 0.689. The number of hydrogen-bond donors (Lipinski definition) is 2. The molecule has 0 aliphatic heterocycles. The van der Waals surface area contributed by atoms with Crippen LogP contribution in [-0.4, -0.2) is 31.2 Å². The van der Waals surface area contributed by atoms with Gasteiger partial charge in [-0.25, -0.2) is 0 Å². The minimum Gasteiger partial charge on any atom is -0.481 e. The molecule has 4 nitrogen and oxygen atoms in total. The Bertz CT molecular complexity index is 312. The number of rotatable bonds is 6. The van der Waals surface area contributed by atoms with E-state index in [4.69, 9.17) is 4.74 Å². The van der Waals surface area contributed by atoms with Crippen LogP contribution in [0.3, 0.4) is 0 Å². The van der Waals surface area contributed by atoms with E-state index in [1.54, 1.807) is 7.11 Å². The Hall–Kier alpha value is -1.29. The SMILES string of the molecule is COc1cccc(NCCNC2CC2)n1. The maximum absolute atomic E-state index is 5.04. The van der Waals surface area contributed by atoms with E-state index in [0.717, 1.165) is 24.9 Å². The van der Waals surface area contributed by atoms with E-state index < -0.39 is 0 Å². The third kappa shape index (κ3) is 3.40. The average Bonchev–Trinajstić information content (AvgIpc) is 3.09. The summed E-state index contributed by atoms with van der Waals surface area (Å²) in [6.07, 6.45) is 2.66. The van der Waals surface area contributed by atoms with Gasteiger partial charge in [0.05, 0.1) is 7.11 Å². The Morgan fingerprint density at radius 3 is 3.00 bits per heavy atom. The van der Waals surface area contributed by atoms with Gasteiger partial charge in [0.15, 0.2) is 0 Å². The molecule has 0 aromatic carbocycles. The molecule has 0 saturated heterocycles. The van der Waals surface area contributed by atoms with Gasteiger partial charge in [-0.2, -0.15) is 4.98 Å². The first-order chi connectivity index (χ1) is 7.38. The summed E-state index contributed by atoms with van der Waals surface area (Å²) in [5.41, 5.74) is 0. The molecule has 1 aromatic rings. The highest BCUT2D eigenvalue weighted by atomic mass is 16.5. The van der Waals surface area contributed by atoms with Crippen LogP contribution in [0.4, 0.5) is 5.82 Å². The fourth-order valence-electron chi connectivity index (χ4n) is 1.38. The summed E-state index contributed by atoms with van der Waals surface area (Å²) in [7, 11) is 1.63. The van der Waals surface area contributed by atoms with E-state index in [-0.39, 0.29) is 0 Å². The topological polar surface area (TPSA) is 46.2 Å². The van der Waals surface area contributed by atoms with Crippen LogP contribution in [0.25, 0.3) is 0 Å². The van der Waals surface area contributed by atoms with Crippen LogP contribution in [0.15, 0.2) is 18.2 Å². The monoisotopic (exact) mass is 207 g/mol. The molecule has 1 heterocycles. The van der Waals surface area contributed by atoms with Crippen molar-refractivity contribution in [3.05, 3.63) is 18.2 Å². The minimum atomic E-state index is 0.648. The van der Waals surface area contributed by atoms with Crippen LogP contribution in [0.1, 0.15) is 12.8 Å². The fraction of sp³-hybridized carbons (Fsp3) is 0.545. The molecule has 15 heavy (non-hydrogen) atoms. The molecule has 2 N–H and O–H groups in total. The number of pyridine rings is 1. The number of aromatic nitrogens is 1. The van der Waals surface area contributed by atoms with Gasteiger partial charge >= 0.3 is 0 Å². The zero-order valence-corrected chi connectivity index (χ0v) is 8.99. The summed E-state index contributed by atoms with van der Waals surface area (Å²) >= 11 is 0. The summed E-state index contributed by atoms with van der Waals surface area (Å²) in [6, 6.07) is 6.49. The first-order valence-corrected chi connectivity index (χ1v) is 5.37. The smallest absolute Gasteiger partial charge is 0.214 e. The lowest BCUT2D eigenvalue weighted by Gasteiger charge is -2.07. The summed E-state index contributed by atoms with van der Waals surface area (Å²) in [4.78, 5) is 4.26. The molecule has 0 atom stereocenters. The first kappa shape index (κ1) is 10.2. The Kier molecular flexibility index (Phi) is 3.40. The number of methoxy groups -OCH3 is 1. The molecule has 1 saturated carbocycles. The number of anilines is 1. The zero-order valence-electron chi connectivity index (χ0n) is 8.99. The van der Waals surface area contributed by atoms with E-state index in [1.807, 2.05) is 18.2 Å². The fourth-order valence-corrected chi connectivity index (χ4v) is 1.38. The molecular formula is C11H17N3O. The second-order valence-electron chi connectivity index (χ2n) is 3.72. The van der Waals surface area contributed by atoms with Gasteiger partial charge in [0.1, 0.15) is 5.82 Å². The van der Waals surface area contributed by atoms with Gasteiger partial charge in [0.2, 0.25) is 5.88 Å². The highest BCUT2D eigenvalue weighted by molar-refractivity contribution is 5.36. The second kappa shape index (κ2) is 4.98. The lowest BCUT2D eigenvalue weighted by Crippen LogP contribution is -2.24. The van der Waals surface area contributed by atoms with Gasteiger partial charge < -0.3 is 15.4 Å². The average molecular weight is 207 g/mol. The number of ether oxygens (including phenoxy) is 1. The van der Waals surface area contributed by atoms with Crippen molar-refractivity contribution >= 4 is 5.82 Å². The highest BCUT2D eigenvalue weighted by Crippen LogP contribution is 2.18. The molecule has 0 radical (unpaired) electrons. The van der Waals surface area contributed by atoms with Gasteiger partial charge in [-0.15, -0.1) is 0 Å². The van der Waals surface area contributed by atoms with Crippen LogP contribution in [0.5, 0.6) is 5.88 Å². The van der Waals surface area contributed by atoms with E-state index in [0.29, 0.717) is 5.88 Å². The van der Waals surface area contributed by atoms with Crippen LogP contribution < -0.4 is 15.4 Å². The second-order valence-corrected chi connectivity index (χ2v) is 3.72. The summed E-state index contributed by atoms with van der Waals surface area (Å²) in [6.45, 7) is 1.89. The summed E-state index contributed by atoms with van der Waals surface area (Å²) in [5, 5.41) is 6.68. The maximum Gasteiger partial charge on any atom is 0.214 e. The highest BCUT2D eigenvalue weighted by Gasteiger charge is 2.19. The maximum atomic E-state index is 5.04. The Balaban J connectivity index is 1.71. The zero-order chi connectivity index (χ0) is 10.5. The lowest BCUT2D eigenvalue weighted by molar-refractivity contribution is 0.398. The molecule has 4 heteroatoms. The predicted molar refractivity (Wildman–Crippen MR) is 60.3 cm³/mol. The Morgan fingerprint density at radius 2 is 2.27 bits per heavy atom. The summed E-state index contributed by atoms with van der Waals surface area (Å²) in [5.74, 6) is 1.52. The standard InChI is InChI=1S/C11H17N3O/c1-15-11-4-2-3-10(14-11)13-8-7-12-9-5-6-9/h2-4,9,12H,5-8H2,1H3,(H,13,14). The van der Waals surface area contributed by atoms with Crippen molar-refractivity contribution in [2.24, 2.45) is 0 Å². The summed E-state index contributed by atoms with van der Waals surface area (Å²) < 4.78 is 5.04. The van der Waals surface area contributed by atoms with Gasteiger partial charge in [-0.3, -0.25) is 0 Å². The number of nitrogens with one attached hydrogen (secondary N) is 2. The Labute approximate surface area is 90.0 Å². The molecule has 82 valence electrons. The molecule has 1 fully saturated rings. The van der Waals surface area contributed by atoms with Gasteiger partial charge in [0.25, 0.3) is 0 Å². The molecule has 0 spiro atoms. The van der Waals surface area contributed by atoms with Crippen LogP contribution in [0, 0.1) is 0 Å². The normalized spacial score (nSPS) is 15.0. The minimum absolute atomic E-state index is 0.648. The molecule has 1 aliphatic rings. The van der Waals surface area contributed by atoms with Crippen molar-refractivity contribution in [1.82, 2.24) is 10.3 Å². The lowest BCUT2D eigenvalue weighted by atomic mass is 10.4. The Morgan fingerprint density at radius 1 is 1.40 bits per heavy atom. The van der Waals surface area contributed by atoms with Crippen LogP contribution >= 0.6 is 0 Å². The molecule has 0 unspecified atom stereocenters. The van der Waals surface area contributed by atoms with Crippen molar-refractivity contribution in [2.45, 2.75) is 18.9 Å². The van der Waals surface area contributed by atoms with Crippen molar-refractivity contribution in [3.63, 3.8) is 0 Å². The van der Waals surface area contributed by atoms with Gasteiger partial charge in [-0.05, 0) is 18.9 Å². The van der Waals surface area contributed by atoms with E-state index in [1.165, 1.54) is 12.8 Å². The number of nitrogens with zero attached hydrogens (tertiary/aromatic N) is 1. The molecule has 0 bridgehead atoms.